The lowest BCUT2D eigenvalue weighted by atomic mass is 9.46. The second-order valence-electron chi connectivity index (χ2n) is 13.7. The van der Waals surface area contributed by atoms with Crippen molar-refractivity contribution in [3.8, 4) is 6.07 Å². The van der Waals surface area contributed by atoms with Crippen molar-refractivity contribution in [3.63, 3.8) is 0 Å². The van der Waals surface area contributed by atoms with Crippen molar-refractivity contribution in [2.24, 2.45) is 45.8 Å². The zero-order valence-electron chi connectivity index (χ0n) is 22.2. The van der Waals surface area contributed by atoms with Crippen LogP contribution in [0.1, 0.15) is 118 Å². The Balaban J connectivity index is 1.28. The highest BCUT2D eigenvalue weighted by Crippen LogP contribution is 2.68. The topological polar surface area (TPSA) is 61.1 Å². The molecule has 4 fully saturated rings. The first kappa shape index (κ1) is 24.5. The highest BCUT2D eigenvalue weighted by atomic mass is 16.3. The number of Topliss-reactive ketones (excluding diaryl/α,β-unsaturated/α-hetero) is 1. The summed E-state index contributed by atoms with van der Waals surface area (Å²) in [6.45, 7) is 9.65. The van der Waals surface area contributed by atoms with E-state index in [1.807, 2.05) is 0 Å². The summed E-state index contributed by atoms with van der Waals surface area (Å²) in [4.78, 5) is 12.8. The molecule has 1 N–H and O–H groups in total. The molecule has 0 unspecified atom stereocenters. The van der Waals surface area contributed by atoms with Crippen LogP contribution in [0.3, 0.4) is 0 Å². The van der Waals surface area contributed by atoms with Gasteiger partial charge in [-0.3, -0.25) is 4.79 Å². The lowest BCUT2D eigenvalue weighted by molar-refractivity contribution is -0.130. The molecule has 188 valence electrons. The van der Waals surface area contributed by atoms with Gasteiger partial charge in [-0.2, -0.15) is 5.26 Å². The quantitative estimate of drug-likeness (QED) is 0.416. The number of carbonyl (C=O) groups excluding carboxylic acids is 1. The van der Waals surface area contributed by atoms with E-state index in [9.17, 15) is 15.2 Å². The van der Waals surface area contributed by atoms with Gasteiger partial charge < -0.3 is 5.11 Å². The van der Waals surface area contributed by atoms with Gasteiger partial charge in [0.1, 0.15) is 5.41 Å². The van der Waals surface area contributed by atoms with E-state index >= 15 is 0 Å². The Morgan fingerprint density at radius 1 is 1.15 bits per heavy atom. The largest absolute Gasteiger partial charge is 0.390 e. The van der Waals surface area contributed by atoms with Gasteiger partial charge in [0.25, 0.3) is 0 Å². The molecule has 0 aliphatic heterocycles. The zero-order chi connectivity index (χ0) is 24.4. The van der Waals surface area contributed by atoms with Gasteiger partial charge in [0.2, 0.25) is 0 Å². The van der Waals surface area contributed by atoms with Gasteiger partial charge >= 0.3 is 0 Å². The first-order chi connectivity index (χ1) is 16.1. The van der Waals surface area contributed by atoms with Crippen LogP contribution in [0.25, 0.3) is 0 Å². The van der Waals surface area contributed by atoms with Gasteiger partial charge in [0.15, 0.2) is 5.78 Å². The van der Waals surface area contributed by atoms with E-state index in [1.165, 1.54) is 32.1 Å². The van der Waals surface area contributed by atoms with E-state index in [2.05, 4.69) is 39.8 Å². The van der Waals surface area contributed by atoms with Crippen molar-refractivity contribution < 1.29 is 9.90 Å². The van der Waals surface area contributed by atoms with Crippen molar-refractivity contribution in [1.29, 1.82) is 5.26 Å². The molecule has 5 rings (SSSR count). The minimum absolute atomic E-state index is 0.221. The van der Waals surface area contributed by atoms with E-state index in [-0.39, 0.29) is 11.2 Å². The van der Waals surface area contributed by atoms with E-state index in [4.69, 9.17) is 0 Å². The monoisotopic (exact) mass is 465 g/mol. The average Bonchev–Trinajstić information content (AvgIpc) is 3.15. The summed E-state index contributed by atoms with van der Waals surface area (Å²) < 4.78 is 0. The number of nitriles is 1. The Kier molecular flexibility index (Phi) is 6.11. The number of aliphatic hydroxyl groups is 1. The summed E-state index contributed by atoms with van der Waals surface area (Å²) in [7, 11) is 0. The van der Waals surface area contributed by atoms with E-state index in [0.717, 1.165) is 69.1 Å². The molecule has 0 spiro atoms. The first-order valence-electron chi connectivity index (χ1n) is 14.5. The third-order valence-electron chi connectivity index (χ3n) is 12.5. The highest BCUT2D eigenvalue weighted by molar-refractivity contribution is 5.88. The average molecular weight is 466 g/mol. The molecule has 4 saturated carbocycles. The number of hydrogen-bond donors (Lipinski definition) is 1. The molecule has 5 aliphatic carbocycles. The Morgan fingerprint density at radius 3 is 2.56 bits per heavy atom. The van der Waals surface area contributed by atoms with Crippen LogP contribution < -0.4 is 0 Å². The number of nitrogens with zero attached hydrogens (tertiary/aromatic N) is 1. The van der Waals surface area contributed by atoms with Gasteiger partial charge in [-0.25, -0.2) is 0 Å². The summed E-state index contributed by atoms with van der Waals surface area (Å²) in [5.74, 6) is 3.85. The number of carbonyl (C=O) groups is 1. The molecule has 34 heavy (non-hydrogen) atoms. The summed E-state index contributed by atoms with van der Waals surface area (Å²) in [6.07, 6.45) is 17.1. The van der Waals surface area contributed by atoms with Crippen molar-refractivity contribution in [1.82, 2.24) is 0 Å². The van der Waals surface area contributed by atoms with Gasteiger partial charge in [-0.1, -0.05) is 39.3 Å². The fourth-order valence-electron chi connectivity index (χ4n) is 9.77. The first-order valence-corrected chi connectivity index (χ1v) is 14.5. The molecular formula is C31H47NO2. The number of ketones is 1. The van der Waals surface area contributed by atoms with Crippen molar-refractivity contribution in [2.45, 2.75) is 123 Å². The molecule has 8 atom stereocenters. The Hall–Kier alpha value is -1.14. The van der Waals surface area contributed by atoms with Crippen molar-refractivity contribution in [2.75, 3.05) is 0 Å². The van der Waals surface area contributed by atoms with E-state index in [0.29, 0.717) is 23.7 Å². The third-order valence-corrected chi connectivity index (χ3v) is 12.5. The molecule has 0 aromatic carbocycles. The molecule has 0 amide bonds. The van der Waals surface area contributed by atoms with Gasteiger partial charge in [-0.15, -0.1) is 0 Å². The summed E-state index contributed by atoms with van der Waals surface area (Å²) in [5, 5.41) is 20.6. The molecule has 5 aliphatic rings. The predicted molar refractivity (Wildman–Crippen MR) is 136 cm³/mol. The molecule has 0 radical (unpaired) electrons. The number of hydrogen-bond acceptors (Lipinski definition) is 3. The minimum atomic E-state index is -0.634. The molecule has 0 aromatic rings. The molecule has 0 aromatic heterocycles. The van der Waals surface area contributed by atoms with E-state index in [1.54, 1.807) is 5.57 Å². The lowest BCUT2D eigenvalue weighted by Gasteiger charge is -2.59. The maximum absolute atomic E-state index is 12.8. The normalized spacial score (nSPS) is 45.6. The summed E-state index contributed by atoms with van der Waals surface area (Å²) in [6, 6.07) is 2.36. The molecule has 0 bridgehead atoms. The third kappa shape index (κ3) is 3.56. The molecule has 3 heteroatoms. The lowest BCUT2D eigenvalue weighted by Crippen LogP contribution is -2.52. The zero-order valence-corrected chi connectivity index (χ0v) is 22.2. The van der Waals surface area contributed by atoms with Crippen molar-refractivity contribution in [3.05, 3.63) is 11.6 Å². The molecular weight excluding hydrogens is 418 g/mol. The number of allylic oxidation sites excluding steroid dienone is 1. The van der Waals surface area contributed by atoms with Crippen LogP contribution in [-0.4, -0.2) is 16.5 Å². The SMILES string of the molecule is CC[C@]1(O)CC[C@@]2(C)C(=CC[C@H]3[C@@H]4CC[C@H]([C@H](C)CCC(=O)C5(C#N)CCC5)[C@@]4(C)CC[C@@H]32)C1. The second-order valence-corrected chi connectivity index (χ2v) is 13.7. The van der Waals surface area contributed by atoms with Crippen molar-refractivity contribution >= 4 is 5.78 Å². The minimum Gasteiger partial charge on any atom is -0.390 e. The number of rotatable bonds is 6. The van der Waals surface area contributed by atoms with Crippen LogP contribution in [0.2, 0.25) is 0 Å². The van der Waals surface area contributed by atoms with Gasteiger partial charge in [0.05, 0.1) is 11.7 Å². The maximum atomic E-state index is 12.8. The van der Waals surface area contributed by atoms with Crippen LogP contribution in [0.5, 0.6) is 0 Å². The second kappa shape index (κ2) is 8.47. The van der Waals surface area contributed by atoms with Gasteiger partial charge in [0, 0.05) is 6.42 Å². The van der Waals surface area contributed by atoms with E-state index < -0.39 is 11.0 Å². The number of fused-ring (bicyclic) bond motifs is 5. The standard InChI is InChI=1S/C31H47NO2/c1-5-31(34)18-17-28(3)22(19-31)8-9-23-25-11-10-24(29(25,4)16-13-26(23)28)21(2)7-12-27(33)30(20-32)14-6-15-30/h8,21,23-26,34H,5-7,9-19H2,1-4H3/t21-,23+,24-,25+,26+,28+,29-,31+/m1/s1. The van der Waals surface area contributed by atoms with Crippen LogP contribution in [0, 0.1) is 57.2 Å². The Morgan fingerprint density at radius 2 is 1.91 bits per heavy atom. The maximum Gasteiger partial charge on any atom is 0.153 e. The smallest absolute Gasteiger partial charge is 0.153 e. The fourth-order valence-corrected chi connectivity index (χ4v) is 9.77. The molecule has 0 heterocycles. The predicted octanol–water partition coefficient (Wildman–Crippen LogP) is 7.39. The molecule has 3 nitrogen and oxygen atoms in total. The fraction of sp³-hybridized carbons (Fsp3) is 0.871. The molecule has 0 saturated heterocycles. The summed E-state index contributed by atoms with van der Waals surface area (Å²) in [5.41, 5.74) is 1.14. The van der Waals surface area contributed by atoms with Crippen LogP contribution >= 0.6 is 0 Å². The highest BCUT2D eigenvalue weighted by Gasteiger charge is 2.60. The van der Waals surface area contributed by atoms with Gasteiger partial charge in [-0.05, 0) is 124 Å². The Bertz CT molecular complexity index is 896. The van der Waals surface area contributed by atoms with Crippen LogP contribution in [0.15, 0.2) is 11.6 Å². The van der Waals surface area contributed by atoms with Crippen LogP contribution in [-0.2, 0) is 4.79 Å². The van der Waals surface area contributed by atoms with Crippen LogP contribution in [0.4, 0.5) is 0 Å². The Labute approximate surface area is 207 Å². The summed E-state index contributed by atoms with van der Waals surface area (Å²) >= 11 is 0.